The number of ketones is 1. The van der Waals surface area contributed by atoms with E-state index in [1.165, 1.54) is 24.1 Å². The van der Waals surface area contributed by atoms with E-state index in [4.69, 9.17) is 32.7 Å². The third-order valence-electron chi connectivity index (χ3n) is 6.05. The van der Waals surface area contributed by atoms with E-state index in [0.29, 0.717) is 34.4 Å². The van der Waals surface area contributed by atoms with Gasteiger partial charge in [-0.15, -0.1) is 0 Å². The molecule has 6 nitrogen and oxygen atoms in total. The zero-order valence-electron chi connectivity index (χ0n) is 20.3. The largest absolute Gasteiger partial charge is 0.507 e. The predicted molar refractivity (Wildman–Crippen MR) is 141 cm³/mol. The average Bonchev–Trinajstić information content (AvgIpc) is 3.11. The van der Waals surface area contributed by atoms with Crippen LogP contribution in [0.25, 0.3) is 5.76 Å². The number of nitrogens with zero attached hydrogens (tertiary/aromatic N) is 1. The Hall–Kier alpha value is -3.48. The molecule has 0 saturated carbocycles. The molecule has 1 atom stereocenters. The summed E-state index contributed by atoms with van der Waals surface area (Å²) in [4.78, 5) is 28.3. The first-order chi connectivity index (χ1) is 17.2. The van der Waals surface area contributed by atoms with Gasteiger partial charge in [-0.1, -0.05) is 47.0 Å². The number of Topliss-reactive ketones (excluding diaryl/α,β-unsaturated/α-hetero) is 1. The number of rotatable bonds is 6. The maximum atomic E-state index is 13.5. The smallest absolute Gasteiger partial charge is 0.300 e. The van der Waals surface area contributed by atoms with E-state index in [9.17, 15) is 14.7 Å². The monoisotopic (exact) mass is 525 g/mol. The van der Waals surface area contributed by atoms with Gasteiger partial charge in [0.15, 0.2) is 11.5 Å². The summed E-state index contributed by atoms with van der Waals surface area (Å²) in [6.45, 7) is 6.06. The van der Waals surface area contributed by atoms with Gasteiger partial charge in [0.1, 0.15) is 5.76 Å². The molecule has 186 valence electrons. The maximum absolute atomic E-state index is 13.5. The Morgan fingerprint density at radius 2 is 1.72 bits per heavy atom. The first-order valence-corrected chi connectivity index (χ1v) is 12.1. The highest BCUT2D eigenvalue weighted by molar-refractivity contribution is 6.52. The van der Waals surface area contributed by atoms with Crippen molar-refractivity contribution in [1.29, 1.82) is 0 Å². The van der Waals surface area contributed by atoms with Gasteiger partial charge in [-0.25, -0.2) is 0 Å². The second kappa shape index (κ2) is 10.2. The fraction of sp³-hybridized carbons (Fsp3) is 0.214. The number of methoxy groups -OCH3 is 1. The van der Waals surface area contributed by atoms with Gasteiger partial charge < -0.3 is 14.6 Å². The van der Waals surface area contributed by atoms with Crippen molar-refractivity contribution in [1.82, 2.24) is 0 Å². The topological polar surface area (TPSA) is 76.1 Å². The van der Waals surface area contributed by atoms with Crippen LogP contribution >= 0.6 is 23.2 Å². The standard InChI is InChI=1S/C28H25Cl2NO5/c1-5-36-23-14-17(8-11-22(23)35-4)25-24(26(32)18-7-9-19(29)20(30)13-18)27(33)28(34)31(25)21-10-6-15(2)12-16(21)3/h6-14,25,32H,5H2,1-4H3/b26-24+. The number of aryl methyl sites for hydroxylation is 2. The summed E-state index contributed by atoms with van der Waals surface area (Å²) < 4.78 is 11.2. The van der Waals surface area contributed by atoms with Gasteiger partial charge in [-0.2, -0.15) is 0 Å². The molecule has 0 bridgehead atoms. The molecule has 0 radical (unpaired) electrons. The van der Waals surface area contributed by atoms with Crippen molar-refractivity contribution in [2.75, 3.05) is 18.6 Å². The van der Waals surface area contributed by atoms with E-state index in [1.54, 1.807) is 30.3 Å². The predicted octanol–water partition coefficient (Wildman–Crippen LogP) is 6.64. The lowest BCUT2D eigenvalue weighted by Crippen LogP contribution is -2.30. The minimum absolute atomic E-state index is 0.0639. The molecule has 0 aromatic heterocycles. The van der Waals surface area contributed by atoms with E-state index >= 15 is 0 Å². The van der Waals surface area contributed by atoms with Crippen LogP contribution in [0.15, 0.2) is 60.2 Å². The SMILES string of the molecule is CCOc1cc(C2/C(=C(\O)c3ccc(Cl)c(Cl)c3)C(=O)C(=O)N2c2ccc(C)cc2C)ccc1OC. The molecule has 1 heterocycles. The van der Waals surface area contributed by atoms with Crippen LogP contribution in [0.1, 0.15) is 35.2 Å². The summed E-state index contributed by atoms with van der Waals surface area (Å²) in [7, 11) is 1.53. The molecule has 3 aromatic carbocycles. The Balaban J connectivity index is 1.99. The molecule has 0 spiro atoms. The highest BCUT2D eigenvalue weighted by atomic mass is 35.5. The summed E-state index contributed by atoms with van der Waals surface area (Å²) in [6.07, 6.45) is 0. The summed E-state index contributed by atoms with van der Waals surface area (Å²) in [6, 6.07) is 14.4. The van der Waals surface area contributed by atoms with Crippen LogP contribution in [0, 0.1) is 13.8 Å². The second-order valence-corrected chi connectivity index (χ2v) is 9.25. The number of amides is 1. The molecule has 36 heavy (non-hydrogen) atoms. The molecule has 1 N–H and O–H groups in total. The highest BCUT2D eigenvalue weighted by Crippen LogP contribution is 2.45. The van der Waals surface area contributed by atoms with Gasteiger partial charge in [0.25, 0.3) is 11.7 Å². The maximum Gasteiger partial charge on any atom is 0.300 e. The summed E-state index contributed by atoms with van der Waals surface area (Å²) >= 11 is 12.2. The molecule has 1 unspecified atom stereocenters. The first-order valence-electron chi connectivity index (χ1n) is 11.3. The van der Waals surface area contributed by atoms with Crippen LogP contribution in [-0.2, 0) is 9.59 Å². The summed E-state index contributed by atoms with van der Waals surface area (Å²) in [5.41, 5.74) is 3.17. The third-order valence-corrected chi connectivity index (χ3v) is 6.79. The molecule has 4 rings (SSSR count). The van der Waals surface area contributed by atoms with E-state index in [0.717, 1.165) is 11.1 Å². The van der Waals surface area contributed by atoms with E-state index in [2.05, 4.69) is 0 Å². The van der Waals surface area contributed by atoms with Gasteiger partial charge in [0.05, 0.1) is 35.4 Å². The molecule has 0 aliphatic carbocycles. The Labute approximate surface area is 219 Å². The third kappa shape index (κ3) is 4.54. The molecule has 8 heteroatoms. The second-order valence-electron chi connectivity index (χ2n) is 8.43. The van der Waals surface area contributed by atoms with Crippen LogP contribution in [-0.4, -0.2) is 30.5 Å². The van der Waals surface area contributed by atoms with Crippen LogP contribution in [0.4, 0.5) is 5.69 Å². The zero-order valence-corrected chi connectivity index (χ0v) is 21.8. The molecule has 1 amide bonds. The van der Waals surface area contributed by atoms with Crippen LogP contribution < -0.4 is 14.4 Å². The lowest BCUT2D eigenvalue weighted by Gasteiger charge is -2.27. The number of aliphatic hydroxyl groups is 1. The molecule has 3 aromatic rings. The molecular formula is C28H25Cl2NO5. The lowest BCUT2D eigenvalue weighted by atomic mass is 9.94. The highest BCUT2D eigenvalue weighted by Gasteiger charge is 2.47. The normalized spacial score (nSPS) is 16.9. The minimum Gasteiger partial charge on any atom is -0.507 e. The van der Waals surface area contributed by atoms with E-state index in [1.807, 2.05) is 32.9 Å². The molecule has 1 fully saturated rings. The molecular weight excluding hydrogens is 501 g/mol. The Kier molecular flexibility index (Phi) is 7.29. The minimum atomic E-state index is -0.925. The first kappa shape index (κ1) is 25.6. The van der Waals surface area contributed by atoms with Crippen molar-refractivity contribution in [3.05, 3.63) is 92.5 Å². The summed E-state index contributed by atoms with van der Waals surface area (Å²) in [5, 5.41) is 11.8. The van der Waals surface area contributed by atoms with Crippen molar-refractivity contribution >= 4 is 46.3 Å². The van der Waals surface area contributed by atoms with Crippen molar-refractivity contribution in [2.24, 2.45) is 0 Å². The van der Waals surface area contributed by atoms with Gasteiger partial charge >= 0.3 is 0 Å². The van der Waals surface area contributed by atoms with Crippen molar-refractivity contribution in [2.45, 2.75) is 26.8 Å². The number of halogens is 2. The van der Waals surface area contributed by atoms with Gasteiger partial charge in [-0.3, -0.25) is 14.5 Å². The van der Waals surface area contributed by atoms with Crippen molar-refractivity contribution < 1.29 is 24.2 Å². The van der Waals surface area contributed by atoms with Crippen molar-refractivity contribution in [3.8, 4) is 11.5 Å². The molecule has 1 aliphatic heterocycles. The van der Waals surface area contributed by atoms with Gasteiger partial charge in [-0.05, 0) is 68.3 Å². The number of hydrogen-bond acceptors (Lipinski definition) is 5. The fourth-order valence-corrected chi connectivity index (χ4v) is 4.70. The number of carbonyl (C=O) groups is 2. The number of carbonyl (C=O) groups excluding carboxylic acids is 2. The van der Waals surface area contributed by atoms with E-state index < -0.39 is 17.7 Å². The van der Waals surface area contributed by atoms with Crippen molar-refractivity contribution in [3.63, 3.8) is 0 Å². The zero-order chi connectivity index (χ0) is 26.1. The van der Waals surface area contributed by atoms with Crippen LogP contribution in [0.5, 0.6) is 11.5 Å². The van der Waals surface area contributed by atoms with Gasteiger partial charge in [0.2, 0.25) is 0 Å². The average molecular weight is 526 g/mol. The Morgan fingerprint density at radius 3 is 2.36 bits per heavy atom. The van der Waals surface area contributed by atoms with E-state index in [-0.39, 0.29) is 21.9 Å². The number of aliphatic hydroxyl groups excluding tert-OH is 1. The fourth-order valence-electron chi connectivity index (χ4n) is 4.40. The number of anilines is 1. The number of ether oxygens (including phenoxy) is 2. The van der Waals surface area contributed by atoms with Gasteiger partial charge in [0, 0.05) is 11.3 Å². The quantitative estimate of drug-likeness (QED) is 0.221. The number of hydrogen-bond donors (Lipinski definition) is 1. The van der Waals surface area contributed by atoms with Crippen LogP contribution in [0.2, 0.25) is 10.0 Å². The Morgan fingerprint density at radius 1 is 0.972 bits per heavy atom. The van der Waals surface area contributed by atoms with Crippen LogP contribution in [0.3, 0.4) is 0 Å². The number of benzene rings is 3. The summed E-state index contributed by atoms with van der Waals surface area (Å²) in [5.74, 6) is -0.940. The molecule has 1 aliphatic rings. The lowest BCUT2D eigenvalue weighted by molar-refractivity contribution is -0.132. The molecule has 1 saturated heterocycles. The Bertz CT molecular complexity index is 1400.